The lowest BCUT2D eigenvalue weighted by Crippen LogP contribution is -2.67. The molecule has 1 atom stereocenters. The maximum Gasteiger partial charge on any atom is 0.460 e. The Kier molecular flexibility index (Phi) is 7.82. The molecule has 1 aromatic rings. The summed E-state index contributed by atoms with van der Waals surface area (Å²) in [6.45, 7) is 5.22. The van der Waals surface area contributed by atoms with Crippen molar-refractivity contribution in [3.8, 4) is 0 Å². The van der Waals surface area contributed by atoms with Gasteiger partial charge in [-0.2, -0.15) is 48.3 Å². The molecule has 186 valence electrons. The van der Waals surface area contributed by atoms with Crippen LogP contribution in [-0.2, 0) is 10.3 Å². The second kappa shape index (κ2) is 8.86. The first-order chi connectivity index (χ1) is 14.3. The minimum atomic E-state index is -7.44. The Morgan fingerprint density at radius 3 is 1.69 bits per heavy atom. The van der Waals surface area contributed by atoms with E-state index in [0.29, 0.717) is 18.8 Å². The average molecular weight is 489 g/mol. The van der Waals surface area contributed by atoms with Gasteiger partial charge in [-0.15, -0.1) is 0 Å². The quantitative estimate of drug-likeness (QED) is 0.332. The van der Waals surface area contributed by atoms with Crippen molar-refractivity contribution in [1.82, 2.24) is 0 Å². The number of alkyl halides is 11. The van der Waals surface area contributed by atoms with Crippen LogP contribution in [0.15, 0.2) is 24.3 Å². The SMILES string of the molecule is CCN(CC)c1cccc(C(C)(CC(F)(F)C(F)(F)C(F)(F)C(F)(F)C(F)(F)F)OC)c1. The third-order valence-electron chi connectivity index (χ3n) is 5.20. The molecule has 0 radical (unpaired) electrons. The van der Waals surface area contributed by atoms with E-state index in [1.807, 2.05) is 0 Å². The highest BCUT2D eigenvalue weighted by atomic mass is 19.4. The van der Waals surface area contributed by atoms with Crippen LogP contribution in [0.3, 0.4) is 0 Å². The van der Waals surface area contributed by atoms with Gasteiger partial charge in [-0.1, -0.05) is 12.1 Å². The van der Waals surface area contributed by atoms with E-state index in [4.69, 9.17) is 4.74 Å². The van der Waals surface area contributed by atoms with Crippen molar-refractivity contribution >= 4 is 5.69 Å². The number of ether oxygens (including phenoxy) is 1. The summed E-state index contributed by atoms with van der Waals surface area (Å²) in [7, 11) is 0.779. The van der Waals surface area contributed by atoms with E-state index in [-0.39, 0.29) is 5.56 Å². The van der Waals surface area contributed by atoms with Crippen molar-refractivity contribution in [3.05, 3.63) is 29.8 Å². The van der Waals surface area contributed by atoms with Crippen molar-refractivity contribution in [2.45, 2.75) is 62.7 Å². The molecule has 0 aromatic heterocycles. The average Bonchev–Trinajstić information content (AvgIpc) is 2.67. The standard InChI is InChI=1S/C19H22F11NO/c1-5-31(6-2)13-9-7-8-12(10-13)14(3,32-4)11-15(20,21)16(22,23)17(24,25)18(26,27)19(28,29)30/h7-10H,5-6,11H2,1-4H3. The van der Waals surface area contributed by atoms with Gasteiger partial charge in [0.1, 0.15) is 0 Å². The molecule has 1 rings (SSSR count). The molecule has 0 fully saturated rings. The number of hydrogen-bond acceptors (Lipinski definition) is 2. The van der Waals surface area contributed by atoms with Gasteiger partial charge in [0, 0.05) is 25.9 Å². The van der Waals surface area contributed by atoms with Crippen LogP contribution in [0.4, 0.5) is 54.0 Å². The summed E-state index contributed by atoms with van der Waals surface area (Å²) in [5, 5.41) is 0. The minimum Gasteiger partial charge on any atom is -0.374 e. The largest absolute Gasteiger partial charge is 0.460 e. The third-order valence-corrected chi connectivity index (χ3v) is 5.20. The van der Waals surface area contributed by atoms with E-state index < -0.39 is 41.9 Å². The molecule has 0 saturated carbocycles. The summed E-state index contributed by atoms with van der Waals surface area (Å²) in [6, 6.07) is 5.26. The summed E-state index contributed by atoms with van der Waals surface area (Å²) in [4.78, 5) is 1.73. The molecule has 0 amide bonds. The molecule has 0 saturated heterocycles. The molecule has 0 spiro atoms. The van der Waals surface area contributed by atoms with Crippen LogP contribution in [0, 0.1) is 0 Å². The third kappa shape index (κ3) is 4.62. The number of nitrogens with zero attached hydrogens (tertiary/aromatic N) is 1. The minimum absolute atomic E-state index is 0.203. The highest BCUT2D eigenvalue weighted by molar-refractivity contribution is 5.49. The van der Waals surface area contributed by atoms with Crippen LogP contribution in [0.5, 0.6) is 0 Å². The topological polar surface area (TPSA) is 12.5 Å². The van der Waals surface area contributed by atoms with Gasteiger partial charge in [0.15, 0.2) is 0 Å². The first-order valence-corrected chi connectivity index (χ1v) is 9.24. The number of hydrogen-bond donors (Lipinski definition) is 0. The molecule has 0 bridgehead atoms. The van der Waals surface area contributed by atoms with Gasteiger partial charge >= 0.3 is 29.9 Å². The van der Waals surface area contributed by atoms with E-state index in [9.17, 15) is 48.3 Å². The van der Waals surface area contributed by atoms with Crippen molar-refractivity contribution in [3.63, 3.8) is 0 Å². The van der Waals surface area contributed by atoms with Crippen LogP contribution in [0.25, 0.3) is 0 Å². The van der Waals surface area contributed by atoms with Gasteiger partial charge in [-0.05, 0) is 38.5 Å². The monoisotopic (exact) mass is 489 g/mol. The van der Waals surface area contributed by atoms with Crippen molar-refractivity contribution < 1.29 is 53.0 Å². The zero-order valence-electron chi connectivity index (χ0n) is 17.4. The Balaban J connectivity index is 3.47. The lowest BCUT2D eigenvalue weighted by molar-refractivity contribution is -0.424. The Morgan fingerprint density at radius 1 is 0.781 bits per heavy atom. The molecule has 32 heavy (non-hydrogen) atoms. The Morgan fingerprint density at radius 2 is 1.28 bits per heavy atom. The maximum absolute atomic E-state index is 14.4. The molecule has 2 nitrogen and oxygen atoms in total. The molecular formula is C19H22F11NO. The van der Waals surface area contributed by atoms with Crippen LogP contribution in [0.2, 0.25) is 0 Å². The molecule has 0 aliphatic heterocycles. The van der Waals surface area contributed by atoms with Gasteiger partial charge in [-0.25, -0.2) is 0 Å². The van der Waals surface area contributed by atoms with Gasteiger partial charge in [0.05, 0.1) is 12.0 Å². The van der Waals surface area contributed by atoms with Crippen LogP contribution in [-0.4, -0.2) is 50.1 Å². The molecule has 1 aromatic carbocycles. The summed E-state index contributed by atoms with van der Waals surface area (Å²) in [5.74, 6) is -28.0. The smallest absolute Gasteiger partial charge is 0.374 e. The normalized spacial score (nSPS) is 16.1. The van der Waals surface area contributed by atoms with Crippen molar-refractivity contribution in [2.75, 3.05) is 25.1 Å². The van der Waals surface area contributed by atoms with E-state index in [1.165, 1.54) is 18.2 Å². The molecule has 0 heterocycles. The first kappa shape index (κ1) is 28.2. The summed E-state index contributed by atoms with van der Waals surface area (Å²) in [5.41, 5.74) is -2.22. The zero-order chi connectivity index (χ0) is 25.4. The second-order valence-electron chi connectivity index (χ2n) is 7.26. The second-order valence-corrected chi connectivity index (χ2v) is 7.26. The van der Waals surface area contributed by atoms with Gasteiger partial charge in [0.2, 0.25) is 0 Å². The lowest BCUT2D eigenvalue weighted by atomic mass is 9.84. The molecule has 13 heteroatoms. The molecule has 0 aliphatic carbocycles. The Bertz CT molecular complexity index is 775. The van der Waals surface area contributed by atoms with Crippen molar-refractivity contribution in [1.29, 1.82) is 0 Å². The fourth-order valence-electron chi connectivity index (χ4n) is 3.05. The predicted molar refractivity (Wildman–Crippen MR) is 94.8 cm³/mol. The van der Waals surface area contributed by atoms with E-state index in [0.717, 1.165) is 20.1 Å². The van der Waals surface area contributed by atoms with Gasteiger partial charge in [0.25, 0.3) is 0 Å². The molecular weight excluding hydrogens is 467 g/mol. The number of methoxy groups -OCH3 is 1. The van der Waals surface area contributed by atoms with Gasteiger partial charge in [-0.3, -0.25) is 0 Å². The van der Waals surface area contributed by atoms with Gasteiger partial charge < -0.3 is 9.64 Å². The molecule has 0 N–H and O–H groups in total. The Hall–Kier alpha value is -1.79. The highest BCUT2D eigenvalue weighted by Crippen LogP contribution is 2.59. The summed E-state index contributed by atoms with van der Waals surface area (Å²) in [6.07, 6.45) is -9.51. The van der Waals surface area contributed by atoms with Crippen molar-refractivity contribution in [2.24, 2.45) is 0 Å². The van der Waals surface area contributed by atoms with Crippen LogP contribution >= 0.6 is 0 Å². The van der Waals surface area contributed by atoms with Crippen LogP contribution in [0.1, 0.15) is 32.8 Å². The summed E-state index contributed by atoms with van der Waals surface area (Å²) < 4.78 is 152. The number of benzene rings is 1. The zero-order valence-corrected chi connectivity index (χ0v) is 17.4. The maximum atomic E-state index is 14.4. The van der Waals surface area contributed by atoms with Crippen LogP contribution < -0.4 is 4.90 Å². The van der Waals surface area contributed by atoms with E-state index >= 15 is 0 Å². The fraction of sp³-hybridized carbons (Fsp3) is 0.684. The predicted octanol–water partition coefficient (Wildman–Crippen LogP) is 6.89. The molecule has 0 aliphatic rings. The van der Waals surface area contributed by atoms with E-state index in [2.05, 4.69) is 0 Å². The lowest BCUT2D eigenvalue weighted by Gasteiger charge is -2.40. The fourth-order valence-corrected chi connectivity index (χ4v) is 3.05. The number of rotatable bonds is 10. The first-order valence-electron chi connectivity index (χ1n) is 9.24. The number of halogens is 11. The Labute approximate surface area is 177 Å². The summed E-state index contributed by atoms with van der Waals surface area (Å²) >= 11 is 0. The van der Waals surface area contributed by atoms with E-state index in [1.54, 1.807) is 18.7 Å². The highest BCUT2D eigenvalue weighted by Gasteiger charge is 2.87. The molecule has 1 unspecified atom stereocenters. The number of anilines is 1.